The molecule has 28 heavy (non-hydrogen) atoms. The van der Waals surface area contributed by atoms with Gasteiger partial charge in [-0.05, 0) is 36.4 Å². The van der Waals surface area contributed by atoms with Crippen LogP contribution in [-0.2, 0) is 14.8 Å². The molecular formula is C19H24N2O5S2. The van der Waals surface area contributed by atoms with Gasteiger partial charge in [0.2, 0.25) is 5.91 Å². The highest BCUT2D eigenvalue weighted by molar-refractivity contribution is 7.91. The van der Waals surface area contributed by atoms with Gasteiger partial charge in [0, 0.05) is 13.1 Å². The fourth-order valence-electron chi connectivity index (χ4n) is 3.13. The molecule has 1 aliphatic heterocycles. The minimum absolute atomic E-state index is 0.144. The van der Waals surface area contributed by atoms with E-state index in [9.17, 15) is 13.2 Å². The van der Waals surface area contributed by atoms with Crippen molar-refractivity contribution in [3.63, 3.8) is 0 Å². The number of hydrogen-bond acceptors (Lipinski definition) is 6. The van der Waals surface area contributed by atoms with E-state index in [-0.39, 0.29) is 18.4 Å². The SMILES string of the molecule is COc1ccccc1OCCNC(=O)[C@H]1CCCN(S(=O)(=O)c2cccs2)C1. The number of nitrogens with one attached hydrogen (secondary N) is 1. The first-order valence-corrected chi connectivity index (χ1v) is 11.4. The molecule has 0 saturated carbocycles. The highest BCUT2D eigenvalue weighted by atomic mass is 32.2. The standard InChI is InChI=1S/C19H24N2O5S2/c1-25-16-7-2-3-8-17(16)26-12-10-20-19(22)15-6-4-11-21(14-15)28(23,24)18-9-5-13-27-18/h2-3,5,7-9,13,15H,4,6,10-12,14H2,1H3,(H,20,22)/t15-/m0/s1. The normalized spacial score (nSPS) is 17.8. The number of benzene rings is 1. The van der Waals surface area contributed by atoms with Crippen LogP contribution >= 0.6 is 11.3 Å². The van der Waals surface area contributed by atoms with E-state index in [1.807, 2.05) is 12.1 Å². The molecule has 1 fully saturated rings. The molecular weight excluding hydrogens is 400 g/mol. The molecule has 1 saturated heterocycles. The van der Waals surface area contributed by atoms with Crippen LogP contribution in [0.1, 0.15) is 12.8 Å². The van der Waals surface area contributed by atoms with Gasteiger partial charge in [-0.3, -0.25) is 4.79 Å². The molecule has 1 atom stereocenters. The number of nitrogens with zero attached hydrogens (tertiary/aromatic N) is 1. The lowest BCUT2D eigenvalue weighted by molar-refractivity contribution is -0.126. The molecule has 3 rings (SSSR count). The smallest absolute Gasteiger partial charge is 0.252 e. The molecule has 0 unspecified atom stereocenters. The molecule has 1 aliphatic rings. The molecule has 0 bridgehead atoms. The molecule has 7 nitrogen and oxygen atoms in total. The number of carbonyl (C=O) groups excluding carboxylic acids is 1. The lowest BCUT2D eigenvalue weighted by Gasteiger charge is -2.30. The number of sulfonamides is 1. The van der Waals surface area contributed by atoms with Crippen molar-refractivity contribution in [2.45, 2.75) is 17.1 Å². The third kappa shape index (κ3) is 4.84. The van der Waals surface area contributed by atoms with Crippen LogP contribution in [0, 0.1) is 5.92 Å². The number of methoxy groups -OCH3 is 1. The Kier molecular flexibility index (Phi) is 6.93. The minimum atomic E-state index is -3.52. The summed E-state index contributed by atoms with van der Waals surface area (Å²) < 4.78 is 37.9. The number of hydrogen-bond donors (Lipinski definition) is 1. The summed E-state index contributed by atoms with van der Waals surface area (Å²) in [5, 5.41) is 4.58. The number of carbonyl (C=O) groups is 1. The largest absolute Gasteiger partial charge is 0.493 e. The Balaban J connectivity index is 1.49. The Morgan fingerprint density at radius 2 is 2.04 bits per heavy atom. The Morgan fingerprint density at radius 3 is 2.75 bits per heavy atom. The summed E-state index contributed by atoms with van der Waals surface area (Å²) in [6, 6.07) is 10.6. The highest BCUT2D eigenvalue weighted by Crippen LogP contribution is 2.27. The molecule has 2 aromatic rings. The van der Waals surface area contributed by atoms with E-state index in [0.29, 0.717) is 48.2 Å². The van der Waals surface area contributed by atoms with Gasteiger partial charge in [0.25, 0.3) is 10.0 Å². The predicted octanol–water partition coefficient (Wildman–Crippen LogP) is 2.35. The second-order valence-corrected chi connectivity index (χ2v) is 9.54. The van der Waals surface area contributed by atoms with Gasteiger partial charge in [0.15, 0.2) is 11.5 Å². The van der Waals surface area contributed by atoms with Crippen molar-refractivity contribution >= 4 is 27.3 Å². The van der Waals surface area contributed by atoms with E-state index in [0.717, 1.165) is 0 Å². The number of ether oxygens (including phenoxy) is 2. The highest BCUT2D eigenvalue weighted by Gasteiger charge is 2.33. The van der Waals surface area contributed by atoms with Crippen molar-refractivity contribution in [1.82, 2.24) is 9.62 Å². The van der Waals surface area contributed by atoms with Gasteiger partial charge >= 0.3 is 0 Å². The Labute approximate surface area is 169 Å². The zero-order valence-electron chi connectivity index (χ0n) is 15.7. The second-order valence-electron chi connectivity index (χ2n) is 6.42. The quantitative estimate of drug-likeness (QED) is 0.658. The maximum Gasteiger partial charge on any atom is 0.252 e. The fourth-order valence-corrected chi connectivity index (χ4v) is 5.80. The van der Waals surface area contributed by atoms with Crippen molar-refractivity contribution in [2.75, 3.05) is 33.4 Å². The molecule has 1 amide bonds. The van der Waals surface area contributed by atoms with E-state index >= 15 is 0 Å². The van der Waals surface area contributed by atoms with Crippen LogP contribution in [0.4, 0.5) is 0 Å². The van der Waals surface area contributed by atoms with Crippen LogP contribution in [0.5, 0.6) is 11.5 Å². The van der Waals surface area contributed by atoms with Gasteiger partial charge < -0.3 is 14.8 Å². The van der Waals surface area contributed by atoms with Crippen LogP contribution in [0.25, 0.3) is 0 Å². The average Bonchev–Trinajstić information content (AvgIpc) is 3.27. The summed E-state index contributed by atoms with van der Waals surface area (Å²) >= 11 is 1.19. The van der Waals surface area contributed by atoms with Crippen molar-refractivity contribution in [2.24, 2.45) is 5.92 Å². The van der Waals surface area contributed by atoms with Crippen LogP contribution in [0.15, 0.2) is 46.0 Å². The second kappa shape index (κ2) is 9.40. The third-order valence-electron chi connectivity index (χ3n) is 4.57. The molecule has 2 heterocycles. The summed E-state index contributed by atoms with van der Waals surface area (Å²) in [4.78, 5) is 12.5. The zero-order chi connectivity index (χ0) is 20.0. The average molecular weight is 425 g/mol. The van der Waals surface area contributed by atoms with Gasteiger partial charge in [0.1, 0.15) is 10.8 Å². The van der Waals surface area contributed by atoms with Crippen LogP contribution in [0.3, 0.4) is 0 Å². The number of piperidine rings is 1. The first-order chi connectivity index (χ1) is 13.5. The van der Waals surface area contributed by atoms with E-state index < -0.39 is 10.0 Å². The summed E-state index contributed by atoms with van der Waals surface area (Å²) in [5.41, 5.74) is 0. The lowest BCUT2D eigenvalue weighted by Crippen LogP contribution is -2.45. The number of amides is 1. The molecule has 152 valence electrons. The van der Waals surface area contributed by atoms with Gasteiger partial charge in [-0.1, -0.05) is 18.2 Å². The molecule has 0 spiro atoms. The molecule has 1 N–H and O–H groups in total. The third-order valence-corrected chi connectivity index (χ3v) is 7.81. The van der Waals surface area contributed by atoms with Crippen molar-refractivity contribution in [3.05, 3.63) is 41.8 Å². The van der Waals surface area contributed by atoms with Gasteiger partial charge in [0.05, 0.1) is 19.6 Å². The van der Waals surface area contributed by atoms with Crippen LogP contribution in [0.2, 0.25) is 0 Å². The molecule has 0 aliphatic carbocycles. The van der Waals surface area contributed by atoms with Crippen LogP contribution in [-0.4, -0.2) is 52.0 Å². The van der Waals surface area contributed by atoms with Crippen molar-refractivity contribution in [1.29, 1.82) is 0 Å². The van der Waals surface area contributed by atoms with Crippen LogP contribution < -0.4 is 14.8 Å². The van der Waals surface area contributed by atoms with Gasteiger partial charge in [-0.15, -0.1) is 11.3 Å². The van der Waals surface area contributed by atoms with E-state index in [4.69, 9.17) is 9.47 Å². The monoisotopic (exact) mass is 424 g/mol. The number of para-hydroxylation sites is 2. The molecule has 1 aromatic carbocycles. The summed E-state index contributed by atoms with van der Waals surface area (Å²) in [6.07, 6.45) is 1.34. The Morgan fingerprint density at radius 1 is 1.25 bits per heavy atom. The number of rotatable bonds is 8. The van der Waals surface area contributed by atoms with E-state index in [2.05, 4.69) is 5.32 Å². The van der Waals surface area contributed by atoms with Crippen molar-refractivity contribution < 1.29 is 22.7 Å². The molecule has 0 radical (unpaired) electrons. The topological polar surface area (TPSA) is 84.9 Å². The molecule has 1 aromatic heterocycles. The van der Waals surface area contributed by atoms with Gasteiger partial charge in [-0.25, -0.2) is 8.42 Å². The maximum absolute atomic E-state index is 12.7. The summed E-state index contributed by atoms with van der Waals surface area (Å²) in [5.74, 6) is 0.755. The first kappa shape index (κ1) is 20.6. The van der Waals surface area contributed by atoms with E-state index in [1.54, 1.807) is 36.8 Å². The maximum atomic E-state index is 12.7. The van der Waals surface area contributed by atoms with E-state index in [1.165, 1.54) is 15.6 Å². The van der Waals surface area contributed by atoms with Gasteiger partial charge in [-0.2, -0.15) is 4.31 Å². The summed E-state index contributed by atoms with van der Waals surface area (Å²) in [6.45, 7) is 1.29. The number of thiophene rings is 1. The Bertz CT molecular complexity index is 883. The summed E-state index contributed by atoms with van der Waals surface area (Å²) in [7, 11) is -1.95. The van der Waals surface area contributed by atoms with Crippen molar-refractivity contribution in [3.8, 4) is 11.5 Å². The molecule has 9 heteroatoms. The minimum Gasteiger partial charge on any atom is -0.493 e. The zero-order valence-corrected chi connectivity index (χ0v) is 17.3. The fraction of sp³-hybridized carbons (Fsp3) is 0.421. The lowest BCUT2D eigenvalue weighted by atomic mass is 9.99. The first-order valence-electron chi connectivity index (χ1n) is 9.09. The Hall–Kier alpha value is -2.10. The predicted molar refractivity (Wildman–Crippen MR) is 107 cm³/mol.